The van der Waals surface area contributed by atoms with E-state index in [1.165, 1.54) is 4.90 Å². The Labute approximate surface area is 192 Å². The lowest BCUT2D eigenvalue weighted by molar-refractivity contribution is 0.00268. The van der Waals surface area contributed by atoms with Gasteiger partial charge in [0, 0.05) is 28.3 Å². The molecule has 2 heterocycles. The molecular weight excluding hydrogens is 424 g/mol. The van der Waals surface area contributed by atoms with Gasteiger partial charge in [-0.15, -0.1) is 0 Å². The molecule has 0 aliphatic carbocycles. The molecule has 3 amide bonds. The van der Waals surface area contributed by atoms with Crippen molar-refractivity contribution in [2.75, 3.05) is 4.90 Å². The number of fused-ring (bicyclic) bond motifs is 4. The molecule has 5 rings (SSSR count). The summed E-state index contributed by atoms with van der Waals surface area (Å²) >= 11 is 6.02. The number of ether oxygens (including phenoxy) is 1. The third-order valence-corrected chi connectivity index (χ3v) is 6.50. The molecule has 0 spiro atoms. The molecule has 3 aromatic carbocycles. The van der Waals surface area contributed by atoms with Crippen molar-refractivity contribution in [2.24, 2.45) is 0 Å². The molecule has 1 fully saturated rings. The SMILES string of the molecule is CCc1cccc(N2C(=O)N(C(=O)c3ccc(Cl)cc3)[C@@H]3C[C@]2(C)Oc2ccccc23)c1. The van der Waals surface area contributed by atoms with Crippen molar-refractivity contribution in [1.82, 2.24) is 4.90 Å². The van der Waals surface area contributed by atoms with Crippen LogP contribution in [0.2, 0.25) is 5.02 Å². The summed E-state index contributed by atoms with van der Waals surface area (Å²) in [6.07, 6.45) is 1.30. The van der Waals surface area contributed by atoms with Crippen LogP contribution < -0.4 is 9.64 Å². The minimum atomic E-state index is -0.917. The summed E-state index contributed by atoms with van der Waals surface area (Å²) in [5.74, 6) is 0.330. The number of aryl methyl sites for hydroxylation is 1. The molecule has 0 unspecified atom stereocenters. The van der Waals surface area contributed by atoms with Gasteiger partial charge in [-0.2, -0.15) is 0 Å². The number of nitrogens with zero attached hydrogens (tertiary/aromatic N) is 2. The minimum Gasteiger partial charge on any atom is -0.467 e. The number of carbonyl (C=O) groups excluding carboxylic acids is 2. The first kappa shape index (κ1) is 20.6. The van der Waals surface area contributed by atoms with Crippen LogP contribution >= 0.6 is 11.6 Å². The molecule has 162 valence electrons. The van der Waals surface area contributed by atoms with Crippen LogP contribution in [0.15, 0.2) is 72.8 Å². The van der Waals surface area contributed by atoms with Crippen LogP contribution in [-0.2, 0) is 6.42 Å². The van der Waals surface area contributed by atoms with Gasteiger partial charge in [-0.3, -0.25) is 14.6 Å². The molecule has 0 N–H and O–H groups in total. The van der Waals surface area contributed by atoms with E-state index in [4.69, 9.17) is 16.3 Å². The van der Waals surface area contributed by atoms with Gasteiger partial charge in [0.1, 0.15) is 5.75 Å². The molecule has 2 aliphatic rings. The Morgan fingerprint density at radius 3 is 2.59 bits per heavy atom. The maximum atomic E-state index is 14.0. The van der Waals surface area contributed by atoms with E-state index in [9.17, 15) is 9.59 Å². The zero-order valence-corrected chi connectivity index (χ0v) is 18.7. The first-order valence-corrected chi connectivity index (χ1v) is 11.1. The maximum Gasteiger partial charge on any atom is 0.335 e. The van der Waals surface area contributed by atoms with Crippen LogP contribution in [0.5, 0.6) is 5.75 Å². The van der Waals surface area contributed by atoms with E-state index >= 15 is 0 Å². The number of imide groups is 1. The molecule has 2 aliphatic heterocycles. The molecule has 2 bridgehead atoms. The summed E-state index contributed by atoms with van der Waals surface area (Å²) < 4.78 is 6.40. The van der Waals surface area contributed by atoms with Gasteiger partial charge in [-0.05, 0) is 61.4 Å². The lowest BCUT2D eigenvalue weighted by Crippen LogP contribution is -2.67. The normalized spacial score (nSPS) is 21.7. The van der Waals surface area contributed by atoms with E-state index in [2.05, 4.69) is 6.92 Å². The lowest BCUT2D eigenvalue weighted by Gasteiger charge is -2.53. The smallest absolute Gasteiger partial charge is 0.335 e. The number of benzene rings is 3. The minimum absolute atomic E-state index is 0.355. The number of anilines is 1. The summed E-state index contributed by atoms with van der Waals surface area (Å²) in [6.45, 7) is 3.98. The number of carbonyl (C=O) groups is 2. The quantitative estimate of drug-likeness (QED) is 0.479. The largest absolute Gasteiger partial charge is 0.467 e. The molecule has 1 saturated heterocycles. The Morgan fingerprint density at radius 2 is 1.84 bits per heavy atom. The number of hydrogen-bond acceptors (Lipinski definition) is 3. The van der Waals surface area contributed by atoms with Crippen LogP contribution in [0.25, 0.3) is 0 Å². The zero-order valence-electron chi connectivity index (χ0n) is 17.9. The predicted molar refractivity (Wildman–Crippen MR) is 124 cm³/mol. The van der Waals surface area contributed by atoms with E-state index in [0.717, 1.165) is 17.5 Å². The molecule has 5 nitrogen and oxygen atoms in total. The molecule has 3 aromatic rings. The van der Waals surface area contributed by atoms with Crippen molar-refractivity contribution in [1.29, 1.82) is 0 Å². The van der Waals surface area contributed by atoms with Crippen molar-refractivity contribution < 1.29 is 14.3 Å². The van der Waals surface area contributed by atoms with Gasteiger partial charge >= 0.3 is 6.03 Å². The van der Waals surface area contributed by atoms with E-state index in [-0.39, 0.29) is 5.91 Å². The average Bonchev–Trinajstić information content (AvgIpc) is 2.79. The highest BCUT2D eigenvalue weighted by atomic mass is 35.5. The molecular formula is C26H23ClN2O3. The lowest BCUT2D eigenvalue weighted by atomic mass is 9.88. The Bertz CT molecular complexity index is 1210. The number of urea groups is 1. The predicted octanol–water partition coefficient (Wildman–Crippen LogP) is 6.22. The van der Waals surface area contributed by atoms with Crippen molar-refractivity contribution in [3.8, 4) is 5.75 Å². The second kappa shape index (κ2) is 7.68. The topological polar surface area (TPSA) is 49.9 Å². The Hall–Kier alpha value is -3.31. The van der Waals surface area contributed by atoms with Gasteiger partial charge in [0.15, 0.2) is 5.72 Å². The highest BCUT2D eigenvalue weighted by Gasteiger charge is 2.55. The number of rotatable bonds is 3. The summed E-state index contributed by atoms with van der Waals surface area (Å²) in [4.78, 5) is 30.6. The summed E-state index contributed by atoms with van der Waals surface area (Å²) in [7, 11) is 0. The number of amides is 3. The van der Waals surface area contributed by atoms with Crippen LogP contribution in [0.3, 0.4) is 0 Å². The van der Waals surface area contributed by atoms with Crippen molar-refractivity contribution in [3.05, 3.63) is 94.5 Å². The van der Waals surface area contributed by atoms with E-state index in [1.54, 1.807) is 29.2 Å². The number of halogens is 1. The molecule has 0 saturated carbocycles. The van der Waals surface area contributed by atoms with E-state index in [1.807, 2.05) is 55.5 Å². The van der Waals surface area contributed by atoms with Gasteiger partial charge < -0.3 is 4.74 Å². The highest BCUT2D eigenvalue weighted by molar-refractivity contribution is 6.30. The van der Waals surface area contributed by atoms with Gasteiger partial charge in [-0.25, -0.2) is 4.79 Å². The Morgan fingerprint density at radius 1 is 1.09 bits per heavy atom. The summed E-state index contributed by atoms with van der Waals surface area (Å²) in [5, 5.41) is 0.536. The van der Waals surface area contributed by atoms with Crippen LogP contribution in [0.4, 0.5) is 10.5 Å². The third kappa shape index (κ3) is 3.24. The number of para-hydroxylation sites is 1. The number of hydrogen-bond donors (Lipinski definition) is 0. The van der Waals surface area contributed by atoms with Crippen LogP contribution in [-0.4, -0.2) is 22.6 Å². The molecule has 0 aromatic heterocycles. The second-order valence-electron chi connectivity index (χ2n) is 8.36. The standard InChI is InChI=1S/C26H23ClN2O3/c1-3-17-7-6-8-20(15-17)29-25(31)28(24(30)18-11-13-19(27)14-12-18)22-16-26(29,2)32-23-10-5-4-9-21(22)23/h4-15,22H,3,16H2,1-2H3/t22-,26+/m1/s1. The van der Waals surface area contributed by atoms with Gasteiger partial charge in [-0.1, -0.05) is 48.9 Å². The first-order chi connectivity index (χ1) is 15.4. The molecule has 32 heavy (non-hydrogen) atoms. The first-order valence-electron chi connectivity index (χ1n) is 10.7. The fraction of sp³-hybridized carbons (Fsp3) is 0.231. The van der Waals surface area contributed by atoms with Crippen molar-refractivity contribution in [2.45, 2.75) is 38.5 Å². The molecule has 0 radical (unpaired) electrons. The van der Waals surface area contributed by atoms with E-state index < -0.39 is 17.8 Å². The molecule has 2 atom stereocenters. The van der Waals surface area contributed by atoms with Gasteiger partial charge in [0.2, 0.25) is 0 Å². The second-order valence-corrected chi connectivity index (χ2v) is 8.79. The molecule has 6 heteroatoms. The highest BCUT2D eigenvalue weighted by Crippen LogP contribution is 2.49. The van der Waals surface area contributed by atoms with E-state index in [0.29, 0.717) is 28.4 Å². The monoisotopic (exact) mass is 446 g/mol. The third-order valence-electron chi connectivity index (χ3n) is 6.25. The Kier molecular flexibility index (Phi) is 4.94. The Balaban J connectivity index is 1.66. The fourth-order valence-electron chi connectivity index (χ4n) is 4.67. The summed E-state index contributed by atoms with van der Waals surface area (Å²) in [6, 6.07) is 21.2. The van der Waals surface area contributed by atoms with Crippen LogP contribution in [0.1, 0.15) is 47.8 Å². The average molecular weight is 447 g/mol. The van der Waals surface area contributed by atoms with Gasteiger partial charge in [0.05, 0.1) is 6.04 Å². The van der Waals surface area contributed by atoms with Gasteiger partial charge in [0.25, 0.3) is 5.91 Å². The maximum absolute atomic E-state index is 14.0. The van der Waals surface area contributed by atoms with Crippen LogP contribution in [0, 0.1) is 0 Å². The van der Waals surface area contributed by atoms with Crippen molar-refractivity contribution in [3.63, 3.8) is 0 Å². The summed E-state index contributed by atoms with van der Waals surface area (Å²) in [5.41, 5.74) is 2.15. The van der Waals surface area contributed by atoms with Crippen molar-refractivity contribution >= 4 is 29.2 Å². The zero-order chi connectivity index (χ0) is 22.5. The fourth-order valence-corrected chi connectivity index (χ4v) is 4.79.